The van der Waals surface area contributed by atoms with Gasteiger partial charge in [0.15, 0.2) is 0 Å². The number of anilines is 1. The van der Waals surface area contributed by atoms with E-state index in [9.17, 15) is 9.59 Å². The van der Waals surface area contributed by atoms with Gasteiger partial charge in [0, 0.05) is 32.5 Å². The van der Waals surface area contributed by atoms with Crippen molar-refractivity contribution in [3.63, 3.8) is 0 Å². The van der Waals surface area contributed by atoms with E-state index in [0.29, 0.717) is 43.4 Å². The number of rotatable bonds is 3. The molecule has 3 aliphatic heterocycles. The molecule has 0 saturated carbocycles. The molecule has 32 heavy (non-hydrogen) atoms. The SMILES string of the molecule is Cc1cc(NC(=O)C2(c3ccccc3)CCOCC2)n(C2=NC(=O)C3C=NN(C)C3=N2)n1. The first-order valence-corrected chi connectivity index (χ1v) is 10.5. The second-order valence-electron chi connectivity index (χ2n) is 8.08. The fourth-order valence-corrected chi connectivity index (χ4v) is 4.30. The van der Waals surface area contributed by atoms with Crippen LogP contribution >= 0.6 is 0 Å². The largest absolute Gasteiger partial charge is 0.381 e. The number of carbonyl (C=O) groups excluding carboxylic acids is 2. The van der Waals surface area contributed by atoms with Gasteiger partial charge in [-0.25, -0.2) is 0 Å². The number of amidine groups is 1. The van der Waals surface area contributed by atoms with Crippen molar-refractivity contribution in [2.75, 3.05) is 25.6 Å². The monoisotopic (exact) mass is 433 g/mol. The molecule has 5 rings (SSSR count). The molecule has 10 nitrogen and oxygen atoms in total. The number of aliphatic imine (C=N–C) groups is 2. The van der Waals surface area contributed by atoms with Gasteiger partial charge in [-0.15, -0.1) is 0 Å². The average Bonchev–Trinajstić information content (AvgIpc) is 3.37. The van der Waals surface area contributed by atoms with Gasteiger partial charge in [-0.1, -0.05) is 30.3 Å². The Morgan fingerprint density at radius 1 is 1.19 bits per heavy atom. The number of hydrazone groups is 1. The third-order valence-corrected chi connectivity index (χ3v) is 6.06. The van der Waals surface area contributed by atoms with Crippen LogP contribution in [0.1, 0.15) is 24.1 Å². The van der Waals surface area contributed by atoms with Crippen molar-refractivity contribution in [3.05, 3.63) is 47.7 Å². The summed E-state index contributed by atoms with van der Waals surface area (Å²) in [5.74, 6) is -0.109. The first-order chi connectivity index (χ1) is 15.5. The summed E-state index contributed by atoms with van der Waals surface area (Å²) in [6, 6.07) is 11.5. The number of hydrogen-bond acceptors (Lipinski definition) is 7. The number of nitrogens with zero attached hydrogens (tertiary/aromatic N) is 6. The zero-order chi connectivity index (χ0) is 22.3. The van der Waals surface area contributed by atoms with E-state index in [1.54, 1.807) is 20.0 Å². The molecule has 1 N–H and O–H groups in total. The van der Waals surface area contributed by atoms with E-state index < -0.39 is 11.3 Å². The van der Waals surface area contributed by atoms with Crippen LogP contribution in [0.25, 0.3) is 0 Å². The molecule has 4 heterocycles. The molecule has 1 aromatic carbocycles. The minimum atomic E-state index is -0.719. The molecule has 2 amide bonds. The number of hydrogen-bond donors (Lipinski definition) is 1. The van der Waals surface area contributed by atoms with Crippen LogP contribution in [-0.2, 0) is 19.7 Å². The molecule has 3 aliphatic rings. The maximum absolute atomic E-state index is 13.7. The number of fused-ring (bicyclic) bond motifs is 1. The van der Waals surface area contributed by atoms with Crippen molar-refractivity contribution >= 4 is 35.6 Å². The number of nitrogens with one attached hydrogen (secondary N) is 1. The summed E-state index contributed by atoms with van der Waals surface area (Å²) in [6.07, 6.45) is 2.66. The number of aryl methyl sites for hydroxylation is 1. The lowest BCUT2D eigenvalue weighted by atomic mass is 9.73. The summed E-state index contributed by atoms with van der Waals surface area (Å²) in [7, 11) is 1.72. The fraction of sp³-hybridized carbons (Fsp3) is 0.364. The standard InChI is InChI=1S/C22H23N7O3/c1-14-12-17(29(27-14)21-25-18-16(19(30)26-21)13-23-28(18)2)24-20(31)22(8-10-32-11-9-22)15-6-4-3-5-7-15/h3-7,12-13,16H,8-11H2,1-2H3,(H,24,31). The molecular weight excluding hydrogens is 410 g/mol. The van der Waals surface area contributed by atoms with Gasteiger partial charge < -0.3 is 10.1 Å². The highest BCUT2D eigenvalue weighted by Crippen LogP contribution is 2.36. The van der Waals surface area contributed by atoms with Gasteiger partial charge in [-0.2, -0.15) is 24.9 Å². The topological polar surface area (TPSA) is 114 Å². The van der Waals surface area contributed by atoms with Crippen molar-refractivity contribution in [3.8, 4) is 0 Å². The van der Waals surface area contributed by atoms with Gasteiger partial charge in [0.05, 0.1) is 11.1 Å². The lowest BCUT2D eigenvalue weighted by molar-refractivity contribution is -0.125. The Labute approximate surface area is 184 Å². The maximum Gasteiger partial charge on any atom is 0.265 e. The van der Waals surface area contributed by atoms with E-state index in [0.717, 1.165) is 5.56 Å². The zero-order valence-electron chi connectivity index (χ0n) is 17.9. The first-order valence-electron chi connectivity index (χ1n) is 10.5. The van der Waals surface area contributed by atoms with Crippen molar-refractivity contribution in [2.45, 2.75) is 25.2 Å². The van der Waals surface area contributed by atoms with E-state index in [2.05, 4.69) is 25.5 Å². The normalized spacial score (nSPS) is 21.8. The Hall–Kier alpha value is -3.66. The number of ether oxygens (including phenoxy) is 1. The summed E-state index contributed by atoms with van der Waals surface area (Å²) in [6.45, 7) is 2.81. The Morgan fingerprint density at radius 3 is 2.69 bits per heavy atom. The molecule has 1 aromatic heterocycles. The van der Waals surface area contributed by atoms with Crippen molar-refractivity contribution in [1.82, 2.24) is 14.8 Å². The highest BCUT2D eigenvalue weighted by molar-refractivity contribution is 6.24. The summed E-state index contributed by atoms with van der Waals surface area (Å²) in [5.41, 5.74) is 0.888. The van der Waals surface area contributed by atoms with E-state index in [-0.39, 0.29) is 17.8 Å². The van der Waals surface area contributed by atoms with E-state index in [1.165, 1.54) is 15.9 Å². The highest BCUT2D eigenvalue weighted by atomic mass is 16.5. The Morgan fingerprint density at radius 2 is 1.94 bits per heavy atom. The highest BCUT2D eigenvalue weighted by Gasteiger charge is 2.42. The number of carbonyl (C=O) groups is 2. The quantitative estimate of drug-likeness (QED) is 0.789. The molecule has 2 aromatic rings. The maximum atomic E-state index is 13.7. The van der Waals surface area contributed by atoms with Crippen molar-refractivity contribution < 1.29 is 14.3 Å². The van der Waals surface area contributed by atoms with Crippen LogP contribution in [0.15, 0.2) is 51.5 Å². The van der Waals surface area contributed by atoms with Gasteiger partial charge in [-0.05, 0) is 25.3 Å². The Bertz CT molecular complexity index is 1160. The smallest absolute Gasteiger partial charge is 0.265 e. The molecule has 164 valence electrons. The molecular formula is C22H23N7O3. The summed E-state index contributed by atoms with van der Waals surface area (Å²) < 4.78 is 6.94. The second-order valence-corrected chi connectivity index (χ2v) is 8.08. The Balaban J connectivity index is 1.49. The minimum Gasteiger partial charge on any atom is -0.381 e. The summed E-state index contributed by atoms with van der Waals surface area (Å²) in [5, 5.41) is 13.1. The second kappa shape index (κ2) is 7.79. The average molecular weight is 433 g/mol. The van der Waals surface area contributed by atoms with Crippen LogP contribution in [0.2, 0.25) is 0 Å². The van der Waals surface area contributed by atoms with Crippen molar-refractivity contribution in [2.24, 2.45) is 21.0 Å². The first kappa shape index (κ1) is 20.3. The van der Waals surface area contributed by atoms with Gasteiger partial charge in [0.2, 0.25) is 5.91 Å². The van der Waals surface area contributed by atoms with Gasteiger partial charge in [0.1, 0.15) is 17.6 Å². The molecule has 0 spiro atoms. The molecule has 1 fully saturated rings. The molecule has 0 radical (unpaired) electrons. The van der Waals surface area contributed by atoms with Gasteiger partial charge >= 0.3 is 0 Å². The lowest BCUT2D eigenvalue weighted by Gasteiger charge is -2.36. The molecule has 1 atom stereocenters. The van der Waals surface area contributed by atoms with Gasteiger partial charge in [0.25, 0.3) is 11.9 Å². The number of benzene rings is 1. The molecule has 0 bridgehead atoms. The van der Waals surface area contributed by atoms with Crippen LogP contribution in [0.3, 0.4) is 0 Å². The van der Waals surface area contributed by atoms with Gasteiger partial charge in [-0.3, -0.25) is 14.6 Å². The van der Waals surface area contributed by atoms with Crippen LogP contribution in [-0.4, -0.2) is 64.9 Å². The van der Waals surface area contributed by atoms with Crippen LogP contribution in [0.5, 0.6) is 0 Å². The number of aromatic nitrogens is 2. The fourth-order valence-electron chi connectivity index (χ4n) is 4.30. The molecule has 1 unspecified atom stereocenters. The third-order valence-electron chi connectivity index (χ3n) is 6.06. The lowest BCUT2D eigenvalue weighted by Crippen LogP contribution is -2.45. The third kappa shape index (κ3) is 3.32. The van der Waals surface area contributed by atoms with E-state index in [4.69, 9.17) is 4.74 Å². The minimum absolute atomic E-state index is 0.0998. The predicted molar refractivity (Wildman–Crippen MR) is 119 cm³/mol. The van der Waals surface area contributed by atoms with Crippen LogP contribution < -0.4 is 5.32 Å². The van der Waals surface area contributed by atoms with E-state index >= 15 is 0 Å². The van der Waals surface area contributed by atoms with E-state index in [1.807, 2.05) is 30.3 Å². The van der Waals surface area contributed by atoms with Crippen LogP contribution in [0.4, 0.5) is 5.82 Å². The van der Waals surface area contributed by atoms with Crippen molar-refractivity contribution in [1.29, 1.82) is 0 Å². The molecule has 0 aliphatic carbocycles. The molecule has 10 heteroatoms. The summed E-state index contributed by atoms with van der Waals surface area (Å²) in [4.78, 5) is 34.7. The summed E-state index contributed by atoms with van der Waals surface area (Å²) >= 11 is 0. The predicted octanol–water partition coefficient (Wildman–Crippen LogP) is 1.57. The van der Waals surface area contributed by atoms with Crippen LogP contribution in [0, 0.1) is 12.8 Å². The molecule has 1 saturated heterocycles. The Kier molecular flexibility index (Phi) is 4.93. The zero-order valence-corrected chi connectivity index (χ0v) is 17.9. The number of amides is 2.